The summed E-state index contributed by atoms with van der Waals surface area (Å²) in [5.41, 5.74) is 3.95. The van der Waals surface area contributed by atoms with Gasteiger partial charge < -0.3 is 4.90 Å². The zero-order valence-electron chi connectivity index (χ0n) is 10.6. The molecule has 0 saturated heterocycles. The number of pyridine rings is 1. The van der Waals surface area contributed by atoms with Crippen LogP contribution < -0.4 is 4.90 Å². The average Bonchev–Trinajstić information content (AvgIpc) is 2.39. The van der Waals surface area contributed by atoms with Crippen LogP contribution in [0.25, 0.3) is 0 Å². The number of carbonyl (C=O) groups is 1. The standard InChI is InChI=1S/C15H16N2O/c1-12-3-4-15(14(9-12)11-18)17(2)10-13-5-7-16-8-6-13/h3-9,11H,10H2,1-2H3. The van der Waals surface area contributed by atoms with Crippen LogP contribution >= 0.6 is 0 Å². The maximum Gasteiger partial charge on any atom is 0.152 e. The Bertz CT molecular complexity index is 537. The van der Waals surface area contributed by atoms with E-state index in [0.29, 0.717) is 0 Å². The van der Waals surface area contributed by atoms with Crippen molar-refractivity contribution in [3.63, 3.8) is 0 Å². The summed E-state index contributed by atoms with van der Waals surface area (Å²) in [5.74, 6) is 0. The van der Waals surface area contributed by atoms with E-state index < -0.39 is 0 Å². The molecule has 3 nitrogen and oxygen atoms in total. The fraction of sp³-hybridized carbons (Fsp3) is 0.200. The molecule has 0 atom stereocenters. The van der Waals surface area contributed by atoms with Crippen molar-refractivity contribution >= 4 is 12.0 Å². The number of anilines is 1. The van der Waals surface area contributed by atoms with Gasteiger partial charge in [-0.3, -0.25) is 9.78 Å². The van der Waals surface area contributed by atoms with Crippen molar-refractivity contribution in [1.29, 1.82) is 0 Å². The van der Waals surface area contributed by atoms with Crippen LogP contribution in [0.15, 0.2) is 42.7 Å². The molecule has 0 amide bonds. The Morgan fingerprint density at radius 1 is 1.22 bits per heavy atom. The van der Waals surface area contributed by atoms with E-state index in [-0.39, 0.29) is 0 Å². The molecule has 0 aliphatic heterocycles. The second-order valence-corrected chi connectivity index (χ2v) is 4.39. The van der Waals surface area contributed by atoms with E-state index in [1.807, 2.05) is 44.3 Å². The lowest BCUT2D eigenvalue weighted by Crippen LogP contribution is -2.18. The summed E-state index contributed by atoms with van der Waals surface area (Å²) in [6.45, 7) is 2.74. The van der Waals surface area contributed by atoms with Gasteiger partial charge in [0.25, 0.3) is 0 Å². The maximum atomic E-state index is 11.1. The van der Waals surface area contributed by atoms with E-state index in [0.717, 1.165) is 29.6 Å². The van der Waals surface area contributed by atoms with Crippen LogP contribution in [0.5, 0.6) is 0 Å². The number of hydrogen-bond donors (Lipinski definition) is 0. The first kappa shape index (κ1) is 12.3. The van der Waals surface area contributed by atoms with Gasteiger partial charge in [0, 0.05) is 37.2 Å². The zero-order valence-corrected chi connectivity index (χ0v) is 10.6. The molecule has 92 valence electrons. The molecule has 0 N–H and O–H groups in total. The first-order valence-corrected chi connectivity index (χ1v) is 5.86. The van der Waals surface area contributed by atoms with Crippen molar-refractivity contribution in [2.45, 2.75) is 13.5 Å². The van der Waals surface area contributed by atoms with Crippen LogP contribution in [0.1, 0.15) is 21.5 Å². The molecule has 0 unspecified atom stereocenters. The van der Waals surface area contributed by atoms with Crippen molar-refractivity contribution < 1.29 is 4.79 Å². The number of nitrogens with zero attached hydrogens (tertiary/aromatic N) is 2. The van der Waals surface area contributed by atoms with Crippen molar-refractivity contribution in [3.05, 3.63) is 59.4 Å². The highest BCUT2D eigenvalue weighted by molar-refractivity contribution is 5.84. The summed E-state index contributed by atoms with van der Waals surface area (Å²) >= 11 is 0. The van der Waals surface area contributed by atoms with E-state index in [2.05, 4.69) is 9.88 Å². The van der Waals surface area contributed by atoms with Gasteiger partial charge in [0.2, 0.25) is 0 Å². The number of hydrogen-bond acceptors (Lipinski definition) is 3. The molecule has 1 heterocycles. The summed E-state index contributed by atoms with van der Waals surface area (Å²) in [5, 5.41) is 0. The van der Waals surface area contributed by atoms with Crippen LogP contribution in [0.2, 0.25) is 0 Å². The van der Waals surface area contributed by atoms with Gasteiger partial charge in [0.05, 0.1) is 0 Å². The zero-order chi connectivity index (χ0) is 13.0. The molecule has 1 aromatic heterocycles. The molecule has 0 aliphatic carbocycles. The molecule has 2 aromatic rings. The van der Waals surface area contributed by atoms with Crippen molar-refractivity contribution in [2.24, 2.45) is 0 Å². The van der Waals surface area contributed by atoms with Gasteiger partial charge in [0.1, 0.15) is 0 Å². The van der Waals surface area contributed by atoms with Crippen LogP contribution in [0, 0.1) is 6.92 Å². The molecule has 3 heteroatoms. The minimum atomic E-state index is 0.728. The molecule has 0 radical (unpaired) electrons. The fourth-order valence-electron chi connectivity index (χ4n) is 1.96. The van der Waals surface area contributed by atoms with Gasteiger partial charge in [-0.15, -0.1) is 0 Å². The van der Waals surface area contributed by atoms with Crippen LogP contribution in [0.4, 0.5) is 5.69 Å². The maximum absolute atomic E-state index is 11.1. The summed E-state index contributed by atoms with van der Waals surface area (Å²) in [7, 11) is 1.98. The molecule has 0 bridgehead atoms. The lowest BCUT2D eigenvalue weighted by molar-refractivity contribution is 0.112. The van der Waals surface area contributed by atoms with E-state index in [4.69, 9.17) is 0 Å². The predicted molar refractivity (Wildman–Crippen MR) is 72.9 cm³/mol. The van der Waals surface area contributed by atoms with Gasteiger partial charge in [-0.2, -0.15) is 0 Å². The summed E-state index contributed by atoms with van der Waals surface area (Å²) < 4.78 is 0. The second-order valence-electron chi connectivity index (χ2n) is 4.39. The SMILES string of the molecule is Cc1ccc(N(C)Cc2ccncc2)c(C=O)c1. The monoisotopic (exact) mass is 240 g/mol. The van der Waals surface area contributed by atoms with Crippen LogP contribution in [-0.4, -0.2) is 18.3 Å². The third kappa shape index (κ3) is 2.74. The first-order chi connectivity index (χ1) is 8.70. The van der Waals surface area contributed by atoms with Crippen LogP contribution in [0.3, 0.4) is 0 Å². The molecule has 18 heavy (non-hydrogen) atoms. The van der Waals surface area contributed by atoms with E-state index in [9.17, 15) is 4.79 Å². The summed E-state index contributed by atoms with van der Waals surface area (Å²) in [6, 6.07) is 9.87. The molecule has 1 aromatic carbocycles. The third-order valence-corrected chi connectivity index (χ3v) is 2.89. The molecule has 0 fully saturated rings. The summed E-state index contributed by atoms with van der Waals surface area (Å²) in [4.78, 5) is 17.2. The molecule has 0 saturated carbocycles. The first-order valence-electron chi connectivity index (χ1n) is 5.86. The highest BCUT2D eigenvalue weighted by Crippen LogP contribution is 2.20. The fourth-order valence-corrected chi connectivity index (χ4v) is 1.96. The van der Waals surface area contributed by atoms with E-state index >= 15 is 0 Å². The Morgan fingerprint density at radius 3 is 2.61 bits per heavy atom. The topological polar surface area (TPSA) is 33.2 Å². The Hall–Kier alpha value is -2.16. The number of carbonyl (C=O) groups excluding carboxylic acids is 1. The van der Waals surface area contributed by atoms with E-state index in [1.54, 1.807) is 12.4 Å². The van der Waals surface area contributed by atoms with Gasteiger partial charge in [0.15, 0.2) is 6.29 Å². The Labute approximate surface area is 107 Å². The van der Waals surface area contributed by atoms with Gasteiger partial charge >= 0.3 is 0 Å². The average molecular weight is 240 g/mol. The lowest BCUT2D eigenvalue weighted by Gasteiger charge is -2.21. The minimum absolute atomic E-state index is 0.728. The van der Waals surface area contributed by atoms with Gasteiger partial charge in [-0.1, -0.05) is 11.6 Å². The van der Waals surface area contributed by atoms with Gasteiger partial charge in [-0.05, 0) is 36.8 Å². The molecule has 0 aliphatic rings. The minimum Gasteiger partial charge on any atom is -0.370 e. The number of aldehydes is 1. The quantitative estimate of drug-likeness (QED) is 0.770. The largest absolute Gasteiger partial charge is 0.370 e. The number of aryl methyl sites for hydroxylation is 1. The normalized spacial score (nSPS) is 10.1. The smallest absolute Gasteiger partial charge is 0.152 e. The molecule has 2 rings (SSSR count). The second kappa shape index (κ2) is 5.45. The third-order valence-electron chi connectivity index (χ3n) is 2.89. The molecular formula is C15H16N2O. The summed E-state index contributed by atoms with van der Waals surface area (Å²) in [6.07, 6.45) is 4.46. The highest BCUT2D eigenvalue weighted by atomic mass is 16.1. The predicted octanol–water partition coefficient (Wildman–Crippen LogP) is 2.84. The highest BCUT2D eigenvalue weighted by Gasteiger charge is 2.07. The van der Waals surface area contributed by atoms with Crippen molar-refractivity contribution in [2.75, 3.05) is 11.9 Å². The Balaban J connectivity index is 2.23. The lowest BCUT2D eigenvalue weighted by atomic mass is 10.1. The van der Waals surface area contributed by atoms with Crippen molar-refractivity contribution in [1.82, 2.24) is 4.98 Å². The Kier molecular flexibility index (Phi) is 3.72. The van der Waals surface area contributed by atoms with Crippen LogP contribution in [-0.2, 0) is 6.54 Å². The molecule has 0 spiro atoms. The van der Waals surface area contributed by atoms with Gasteiger partial charge in [-0.25, -0.2) is 0 Å². The number of aromatic nitrogens is 1. The molecular weight excluding hydrogens is 224 g/mol. The van der Waals surface area contributed by atoms with E-state index in [1.165, 1.54) is 5.56 Å². The number of rotatable bonds is 4. The number of benzene rings is 1. The Morgan fingerprint density at radius 2 is 1.94 bits per heavy atom. The van der Waals surface area contributed by atoms with Crippen molar-refractivity contribution in [3.8, 4) is 0 Å².